The van der Waals surface area contributed by atoms with Crippen molar-refractivity contribution in [2.45, 2.75) is 19.4 Å². The van der Waals surface area contributed by atoms with Gasteiger partial charge in [-0.15, -0.1) is 0 Å². The van der Waals surface area contributed by atoms with E-state index in [0.717, 1.165) is 16.5 Å². The predicted octanol–water partition coefficient (Wildman–Crippen LogP) is 1.13. The molecule has 94 valence electrons. The third-order valence-corrected chi connectivity index (χ3v) is 2.72. The highest BCUT2D eigenvalue weighted by Crippen LogP contribution is 2.18. The summed E-state index contributed by atoms with van der Waals surface area (Å²) in [5.74, 6) is -1.12. The van der Waals surface area contributed by atoms with Gasteiger partial charge < -0.3 is 15.5 Å². The monoisotopic (exact) mass is 246 g/mol. The van der Waals surface area contributed by atoms with Gasteiger partial charge >= 0.3 is 5.97 Å². The van der Waals surface area contributed by atoms with E-state index in [1.165, 1.54) is 6.92 Å². The van der Waals surface area contributed by atoms with Crippen LogP contribution in [-0.2, 0) is 20.7 Å². The molecule has 0 radical (unpaired) electrons. The number of rotatable bonds is 4. The van der Waals surface area contributed by atoms with Gasteiger partial charge in [-0.3, -0.25) is 9.59 Å². The lowest BCUT2D eigenvalue weighted by molar-refractivity contribution is -0.153. The maximum atomic E-state index is 11.6. The molecule has 5 nitrogen and oxygen atoms in total. The van der Waals surface area contributed by atoms with E-state index < -0.39 is 18.0 Å². The normalized spacial score (nSPS) is 12.3. The van der Waals surface area contributed by atoms with Gasteiger partial charge in [0.25, 0.3) is 5.91 Å². The van der Waals surface area contributed by atoms with Crippen molar-refractivity contribution in [3.8, 4) is 0 Å². The second-order valence-corrected chi connectivity index (χ2v) is 4.07. The van der Waals surface area contributed by atoms with Crippen molar-refractivity contribution in [1.29, 1.82) is 0 Å². The Kier molecular flexibility index (Phi) is 3.32. The van der Waals surface area contributed by atoms with E-state index in [4.69, 9.17) is 10.5 Å². The number of amides is 1. The molecule has 3 N–H and O–H groups in total. The minimum absolute atomic E-state index is 0.113. The Balaban J connectivity index is 2.10. The number of primary amides is 1. The summed E-state index contributed by atoms with van der Waals surface area (Å²) in [6, 6.07) is 7.66. The second kappa shape index (κ2) is 4.91. The molecule has 0 spiro atoms. The minimum atomic E-state index is -0.900. The van der Waals surface area contributed by atoms with Gasteiger partial charge in [0.15, 0.2) is 6.10 Å². The third kappa shape index (κ3) is 2.51. The molecular weight excluding hydrogens is 232 g/mol. The number of esters is 1. The van der Waals surface area contributed by atoms with Gasteiger partial charge in [-0.05, 0) is 18.6 Å². The van der Waals surface area contributed by atoms with Crippen molar-refractivity contribution in [3.05, 3.63) is 36.0 Å². The summed E-state index contributed by atoms with van der Waals surface area (Å²) >= 11 is 0. The summed E-state index contributed by atoms with van der Waals surface area (Å²) in [4.78, 5) is 25.5. The number of aromatic amines is 1. The molecule has 1 atom stereocenters. The Morgan fingerprint density at radius 2 is 2.11 bits per heavy atom. The molecule has 1 aromatic carbocycles. The van der Waals surface area contributed by atoms with E-state index in [2.05, 4.69) is 4.98 Å². The summed E-state index contributed by atoms with van der Waals surface area (Å²) in [7, 11) is 0. The van der Waals surface area contributed by atoms with Crippen LogP contribution in [0.5, 0.6) is 0 Å². The van der Waals surface area contributed by atoms with Gasteiger partial charge in [-0.2, -0.15) is 0 Å². The number of ether oxygens (including phenoxy) is 1. The van der Waals surface area contributed by atoms with Gasteiger partial charge in [-0.25, -0.2) is 0 Å². The smallest absolute Gasteiger partial charge is 0.311 e. The molecule has 0 saturated heterocycles. The van der Waals surface area contributed by atoms with E-state index in [1.54, 1.807) is 6.20 Å². The molecule has 5 heteroatoms. The van der Waals surface area contributed by atoms with Crippen LogP contribution in [0.2, 0.25) is 0 Å². The molecule has 1 heterocycles. The molecule has 0 unspecified atom stereocenters. The average molecular weight is 246 g/mol. The van der Waals surface area contributed by atoms with Gasteiger partial charge in [0.1, 0.15) is 0 Å². The summed E-state index contributed by atoms with van der Waals surface area (Å²) in [6.45, 7) is 1.45. The SMILES string of the molecule is C[C@@H](OC(=O)Cc1c[nH]c2ccccc12)C(N)=O. The van der Waals surface area contributed by atoms with E-state index in [1.807, 2.05) is 24.3 Å². The fraction of sp³-hybridized carbons (Fsp3) is 0.231. The number of carbonyl (C=O) groups excluding carboxylic acids is 2. The molecule has 2 aromatic rings. The molecule has 18 heavy (non-hydrogen) atoms. The Morgan fingerprint density at radius 1 is 1.39 bits per heavy atom. The van der Waals surface area contributed by atoms with Crippen molar-refractivity contribution in [3.63, 3.8) is 0 Å². The average Bonchev–Trinajstić information content (AvgIpc) is 2.72. The first-order valence-corrected chi connectivity index (χ1v) is 5.61. The summed E-state index contributed by atoms with van der Waals surface area (Å²) < 4.78 is 4.91. The number of aromatic nitrogens is 1. The molecule has 0 saturated carbocycles. The van der Waals surface area contributed by atoms with Crippen LogP contribution in [0, 0.1) is 0 Å². The fourth-order valence-corrected chi connectivity index (χ4v) is 1.73. The molecule has 1 amide bonds. The van der Waals surface area contributed by atoms with Crippen LogP contribution >= 0.6 is 0 Å². The Morgan fingerprint density at radius 3 is 2.83 bits per heavy atom. The largest absolute Gasteiger partial charge is 0.452 e. The maximum Gasteiger partial charge on any atom is 0.311 e. The highest BCUT2D eigenvalue weighted by Gasteiger charge is 2.16. The number of benzene rings is 1. The van der Waals surface area contributed by atoms with Crippen molar-refractivity contribution in [1.82, 2.24) is 4.98 Å². The van der Waals surface area contributed by atoms with Crippen molar-refractivity contribution >= 4 is 22.8 Å². The highest BCUT2D eigenvalue weighted by atomic mass is 16.5. The molecule has 0 aliphatic heterocycles. The molecule has 0 aliphatic carbocycles. The lowest BCUT2D eigenvalue weighted by atomic mass is 10.1. The second-order valence-electron chi connectivity index (χ2n) is 4.07. The quantitative estimate of drug-likeness (QED) is 0.793. The van der Waals surface area contributed by atoms with Crippen LogP contribution in [0.3, 0.4) is 0 Å². The van der Waals surface area contributed by atoms with Gasteiger partial charge in [0.05, 0.1) is 6.42 Å². The number of nitrogens with one attached hydrogen (secondary N) is 1. The lowest BCUT2D eigenvalue weighted by Crippen LogP contribution is -2.30. The van der Waals surface area contributed by atoms with E-state index in [0.29, 0.717) is 0 Å². The first-order valence-electron chi connectivity index (χ1n) is 5.61. The Labute approximate surface area is 104 Å². The van der Waals surface area contributed by atoms with Crippen molar-refractivity contribution in [2.75, 3.05) is 0 Å². The first kappa shape index (κ1) is 12.2. The van der Waals surface area contributed by atoms with Gasteiger partial charge in [0, 0.05) is 17.1 Å². The van der Waals surface area contributed by atoms with E-state index in [9.17, 15) is 9.59 Å². The Bertz CT molecular complexity index is 589. The summed E-state index contributed by atoms with van der Waals surface area (Å²) in [5, 5.41) is 0.973. The Hall–Kier alpha value is -2.30. The van der Waals surface area contributed by atoms with Crippen LogP contribution in [0.1, 0.15) is 12.5 Å². The zero-order chi connectivity index (χ0) is 13.1. The number of hydrogen-bond donors (Lipinski definition) is 2. The van der Waals surface area contributed by atoms with Crippen LogP contribution in [0.4, 0.5) is 0 Å². The lowest BCUT2D eigenvalue weighted by Gasteiger charge is -2.08. The zero-order valence-corrected chi connectivity index (χ0v) is 9.97. The topological polar surface area (TPSA) is 85.2 Å². The van der Waals surface area contributed by atoms with E-state index >= 15 is 0 Å². The number of hydrogen-bond acceptors (Lipinski definition) is 3. The van der Waals surface area contributed by atoms with E-state index in [-0.39, 0.29) is 6.42 Å². The number of H-pyrrole nitrogens is 1. The number of fused-ring (bicyclic) bond motifs is 1. The molecule has 2 rings (SSSR count). The molecular formula is C13H14N2O3. The predicted molar refractivity (Wildman–Crippen MR) is 66.8 cm³/mol. The number of nitrogens with two attached hydrogens (primary N) is 1. The molecule has 0 fully saturated rings. The summed E-state index contributed by atoms with van der Waals surface area (Å²) in [5.41, 5.74) is 6.83. The molecule has 0 aliphatic rings. The highest BCUT2D eigenvalue weighted by molar-refractivity contribution is 5.88. The maximum absolute atomic E-state index is 11.6. The third-order valence-electron chi connectivity index (χ3n) is 2.72. The van der Waals surface area contributed by atoms with Gasteiger partial charge in [0.2, 0.25) is 0 Å². The number of carbonyl (C=O) groups is 2. The minimum Gasteiger partial charge on any atom is -0.452 e. The van der Waals surface area contributed by atoms with Crippen LogP contribution in [0.15, 0.2) is 30.5 Å². The van der Waals surface area contributed by atoms with Crippen LogP contribution in [0.25, 0.3) is 10.9 Å². The first-order chi connectivity index (χ1) is 8.58. The van der Waals surface area contributed by atoms with Gasteiger partial charge in [-0.1, -0.05) is 18.2 Å². The van der Waals surface area contributed by atoms with Crippen LogP contribution in [-0.4, -0.2) is 23.0 Å². The number of para-hydroxylation sites is 1. The van der Waals surface area contributed by atoms with Crippen molar-refractivity contribution < 1.29 is 14.3 Å². The van der Waals surface area contributed by atoms with Crippen LogP contribution < -0.4 is 5.73 Å². The molecule has 1 aromatic heterocycles. The van der Waals surface area contributed by atoms with Crippen molar-refractivity contribution in [2.24, 2.45) is 5.73 Å². The standard InChI is InChI=1S/C13H14N2O3/c1-8(13(14)17)18-12(16)6-9-7-15-11-5-3-2-4-10(9)11/h2-5,7-8,15H,6H2,1H3,(H2,14,17)/t8-/m1/s1. The summed E-state index contributed by atoms with van der Waals surface area (Å²) in [6.07, 6.45) is 0.977. The zero-order valence-electron chi connectivity index (χ0n) is 9.97. The molecule has 0 bridgehead atoms. The fourth-order valence-electron chi connectivity index (χ4n) is 1.73.